The number of allylic oxidation sites excluding steroid dienone is 1. The summed E-state index contributed by atoms with van der Waals surface area (Å²) in [4.78, 5) is 2.18. The molecule has 0 N–H and O–H groups in total. The predicted octanol–water partition coefficient (Wildman–Crippen LogP) is 2.58. The highest BCUT2D eigenvalue weighted by Gasteiger charge is 2.05. The fraction of sp³-hybridized carbons (Fsp3) is 0.273. The second kappa shape index (κ2) is 3.02. The quantitative estimate of drug-likeness (QED) is 0.562. The number of hydrogen-bond acceptors (Lipinski definition) is 1. The Bertz CT molecular complexity index is 302. The Morgan fingerprint density at radius 2 is 2.08 bits per heavy atom. The molecule has 0 radical (unpaired) electrons. The Labute approximate surface area is 73.3 Å². The number of para-hydroxylation sites is 1. The first-order chi connectivity index (χ1) is 5.88. The van der Waals surface area contributed by atoms with Gasteiger partial charge in [0.25, 0.3) is 0 Å². The van der Waals surface area contributed by atoms with Gasteiger partial charge in [0.1, 0.15) is 0 Å². The van der Waals surface area contributed by atoms with Crippen LogP contribution < -0.4 is 4.90 Å². The Hall–Kier alpha value is -1.24. The van der Waals surface area contributed by atoms with Crippen LogP contribution in [0.5, 0.6) is 0 Å². The Morgan fingerprint density at radius 1 is 1.25 bits per heavy atom. The molecule has 0 spiro atoms. The molecule has 2 rings (SSSR count). The first-order valence-corrected chi connectivity index (χ1v) is 4.35. The molecule has 1 aliphatic heterocycles. The summed E-state index contributed by atoms with van der Waals surface area (Å²) in [5.41, 5.74) is 2.79. The number of hydrogen-bond donors (Lipinski definition) is 0. The highest BCUT2D eigenvalue weighted by atomic mass is 15.1. The van der Waals surface area contributed by atoms with Crippen molar-refractivity contribution in [1.82, 2.24) is 0 Å². The SMILES string of the molecule is CN1C=CCCc2ccccc21. The summed E-state index contributed by atoms with van der Waals surface area (Å²) in [6.45, 7) is 0. The molecule has 0 fully saturated rings. The van der Waals surface area contributed by atoms with Crippen molar-refractivity contribution in [2.24, 2.45) is 0 Å². The van der Waals surface area contributed by atoms with Crippen molar-refractivity contribution in [2.45, 2.75) is 12.8 Å². The van der Waals surface area contributed by atoms with Crippen LogP contribution in [0.3, 0.4) is 0 Å². The zero-order valence-corrected chi connectivity index (χ0v) is 7.33. The van der Waals surface area contributed by atoms with Crippen LogP contribution in [0.15, 0.2) is 36.5 Å². The number of fused-ring (bicyclic) bond motifs is 1. The van der Waals surface area contributed by atoms with Crippen molar-refractivity contribution >= 4 is 5.69 Å². The molecule has 0 saturated carbocycles. The smallest absolute Gasteiger partial charge is 0.0436 e. The summed E-state index contributed by atoms with van der Waals surface area (Å²) >= 11 is 0. The first kappa shape index (κ1) is 7.41. The maximum absolute atomic E-state index is 2.22. The van der Waals surface area contributed by atoms with E-state index in [2.05, 4.69) is 48.5 Å². The Morgan fingerprint density at radius 3 is 3.00 bits per heavy atom. The highest BCUT2D eigenvalue weighted by molar-refractivity contribution is 5.56. The van der Waals surface area contributed by atoms with E-state index in [1.54, 1.807) is 0 Å². The topological polar surface area (TPSA) is 3.24 Å². The minimum absolute atomic E-state index is 1.15. The van der Waals surface area contributed by atoms with Crippen molar-refractivity contribution in [3.05, 3.63) is 42.1 Å². The van der Waals surface area contributed by atoms with E-state index >= 15 is 0 Å². The third-order valence-electron chi connectivity index (χ3n) is 2.28. The number of benzene rings is 1. The van der Waals surface area contributed by atoms with E-state index in [1.807, 2.05) is 0 Å². The maximum Gasteiger partial charge on any atom is 0.0436 e. The molecule has 0 bridgehead atoms. The molecular weight excluding hydrogens is 146 g/mol. The zero-order valence-electron chi connectivity index (χ0n) is 7.33. The van der Waals surface area contributed by atoms with Crippen LogP contribution in [0.4, 0.5) is 5.69 Å². The van der Waals surface area contributed by atoms with Gasteiger partial charge in [-0.1, -0.05) is 24.3 Å². The van der Waals surface area contributed by atoms with E-state index in [1.165, 1.54) is 11.3 Å². The van der Waals surface area contributed by atoms with Crippen LogP contribution in [0.1, 0.15) is 12.0 Å². The van der Waals surface area contributed by atoms with Gasteiger partial charge in [-0.15, -0.1) is 0 Å². The van der Waals surface area contributed by atoms with Gasteiger partial charge in [0.05, 0.1) is 0 Å². The number of anilines is 1. The number of rotatable bonds is 0. The third kappa shape index (κ3) is 1.22. The lowest BCUT2D eigenvalue weighted by Gasteiger charge is -2.15. The van der Waals surface area contributed by atoms with Gasteiger partial charge < -0.3 is 4.90 Å². The zero-order chi connectivity index (χ0) is 8.39. The summed E-state index contributed by atoms with van der Waals surface area (Å²) in [5, 5.41) is 0. The van der Waals surface area contributed by atoms with Crippen LogP contribution in [0, 0.1) is 0 Å². The van der Waals surface area contributed by atoms with Crippen LogP contribution in [0.2, 0.25) is 0 Å². The van der Waals surface area contributed by atoms with Gasteiger partial charge in [-0.3, -0.25) is 0 Å². The molecule has 0 saturated heterocycles. The summed E-state index contributed by atoms with van der Waals surface area (Å²) < 4.78 is 0. The molecule has 1 nitrogen and oxygen atoms in total. The lowest BCUT2D eigenvalue weighted by molar-refractivity contribution is 1.01. The molecule has 1 heterocycles. The molecule has 12 heavy (non-hydrogen) atoms. The molecule has 0 unspecified atom stereocenters. The predicted molar refractivity (Wildman–Crippen MR) is 52.3 cm³/mol. The normalized spacial score (nSPS) is 15.6. The number of nitrogens with zero attached hydrogens (tertiary/aromatic N) is 1. The Balaban J connectivity index is 2.46. The van der Waals surface area contributed by atoms with Gasteiger partial charge in [-0.2, -0.15) is 0 Å². The minimum atomic E-state index is 1.15. The fourth-order valence-corrected chi connectivity index (χ4v) is 1.62. The van der Waals surface area contributed by atoms with Gasteiger partial charge in [-0.05, 0) is 30.7 Å². The van der Waals surface area contributed by atoms with E-state index in [-0.39, 0.29) is 0 Å². The van der Waals surface area contributed by atoms with Crippen LogP contribution in [-0.2, 0) is 6.42 Å². The van der Waals surface area contributed by atoms with Crippen molar-refractivity contribution in [3.63, 3.8) is 0 Å². The molecule has 1 heteroatoms. The van der Waals surface area contributed by atoms with E-state index in [0.717, 1.165) is 12.8 Å². The van der Waals surface area contributed by atoms with Crippen LogP contribution in [0.25, 0.3) is 0 Å². The summed E-state index contributed by atoms with van der Waals surface area (Å²) in [6, 6.07) is 8.58. The summed E-state index contributed by atoms with van der Waals surface area (Å²) in [5.74, 6) is 0. The summed E-state index contributed by atoms with van der Waals surface area (Å²) in [7, 11) is 2.10. The first-order valence-electron chi connectivity index (χ1n) is 4.35. The van der Waals surface area contributed by atoms with E-state index in [0.29, 0.717) is 0 Å². The average molecular weight is 159 g/mol. The minimum Gasteiger partial charge on any atom is -0.351 e. The van der Waals surface area contributed by atoms with Gasteiger partial charge in [-0.25, -0.2) is 0 Å². The average Bonchev–Trinajstić information content (AvgIpc) is 2.29. The monoisotopic (exact) mass is 159 g/mol. The molecule has 62 valence electrons. The second-order valence-corrected chi connectivity index (χ2v) is 3.16. The molecule has 0 atom stereocenters. The van der Waals surface area contributed by atoms with E-state index < -0.39 is 0 Å². The van der Waals surface area contributed by atoms with Gasteiger partial charge >= 0.3 is 0 Å². The molecule has 0 aromatic heterocycles. The van der Waals surface area contributed by atoms with Crippen LogP contribution in [-0.4, -0.2) is 7.05 Å². The van der Waals surface area contributed by atoms with Crippen molar-refractivity contribution in [3.8, 4) is 0 Å². The van der Waals surface area contributed by atoms with Crippen LogP contribution >= 0.6 is 0 Å². The van der Waals surface area contributed by atoms with Gasteiger partial charge in [0.2, 0.25) is 0 Å². The van der Waals surface area contributed by atoms with E-state index in [4.69, 9.17) is 0 Å². The molecule has 0 amide bonds. The molecular formula is C11H13N. The van der Waals surface area contributed by atoms with Crippen molar-refractivity contribution < 1.29 is 0 Å². The van der Waals surface area contributed by atoms with Gasteiger partial charge in [0, 0.05) is 12.7 Å². The molecule has 1 aromatic carbocycles. The second-order valence-electron chi connectivity index (χ2n) is 3.16. The Kier molecular flexibility index (Phi) is 1.86. The lowest BCUT2D eigenvalue weighted by Crippen LogP contribution is -2.08. The fourth-order valence-electron chi connectivity index (χ4n) is 1.62. The van der Waals surface area contributed by atoms with E-state index in [9.17, 15) is 0 Å². The third-order valence-corrected chi connectivity index (χ3v) is 2.28. The standard InChI is InChI=1S/C11H13N/c1-12-9-5-4-7-10-6-2-3-8-11(10)12/h2-3,5-6,8-9H,4,7H2,1H3. The van der Waals surface area contributed by atoms with Crippen molar-refractivity contribution in [2.75, 3.05) is 11.9 Å². The number of aryl methyl sites for hydroxylation is 1. The summed E-state index contributed by atoms with van der Waals surface area (Å²) in [6.07, 6.45) is 6.68. The highest BCUT2D eigenvalue weighted by Crippen LogP contribution is 2.23. The van der Waals surface area contributed by atoms with Gasteiger partial charge in [0.15, 0.2) is 0 Å². The molecule has 1 aliphatic rings. The largest absolute Gasteiger partial charge is 0.351 e. The molecule has 1 aromatic rings. The molecule has 0 aliphatic carbocycles. The van der Waals surface area contributed by atoms with Crippen molar-refractivity contribution in [1.29, 1.82) is 0 Å². The lowest BCUT2D eigenvalue weighted by atomic mass is 10.1. The maximum atomic E-state index is 2.22.